The van der Waals surface area contributed by atoms with Crippen molar-refractivity contribution in [2.75, 3.05) is 26.2 Å². The maximum absolute atomic E-state index is 12.3. The predicted octanol–water partition coefficient (Wildman–Crippen LogP) is 1.56. The fourth-order valence-electron chi connectivity index (χ4n) is 3.15. The molecule has 0 bridgehead atoms. The SMILES string of the molecule is O=C(O)[C@@H]1CCCN1C1CCN(CC(F)(F)F)CC1. The second-order valence-electron chi connectivity index (χ2n) is 5.36. The third-order valence-corrected chi connectivity index (χ3v) is 4.01. The first-order valence-electron chi connectivity index (χ1n) is 6.64. The highest BCUT2D eigenvalue weighted by molar-refractivity contribution is 5.73. The van der Waals surface area contributed by atoms with Crippen LogP contribution in [-0.4, -0.2) is 65.3 Å². The minimum Gasteiger partial charge on any atom is -0.480 e. The Kier molecular flexibility index (Phi) is 4.35. The summed E-state index contributed by atoms with van der Waals surface area (Å²) in [4.78, 5) is 14.5. The number of alkyl halides is 3. The molecule has 0 radical (unpaired) electrons. The van der Waals surface area contributed by atoms with Crippen LogP contribution in [0.4, 0.5) is 13.2 Å². The van der Waals surface area contributed by atoms with Gasteiger partial charge < -0.3 is 5.11 Å². The molecule has 2 aliphatic rings. The highest BCUT2D eigenvalue weighted by atomic mass is 19.4. The van der Waals surface area contributed by atoms with Gasteiger partial charge in [-0.3, -0.25) is 14.6 Å². The Hall–Kier alpha value is -0.820. The maximum atomic E-state index is 12.3. The Morgan fingerprint density at radius 3 is 2.32 bits per heavy atom. The summed E-state index contributed by atoms with van der Waals surface area (Å²) in [5, 5.41) is 9.12. The summed E-state index contributed by atoms with van der Waals surface area (Å²) >= 11 is 0. The first-order chi connectivity index (χ1) is 8.87. The third kappa shape index (κ3) is 3.82. The van der Waals surface area contributed by atoms with E-state index in [0.717, 1.165) is 13.0 Å². The van der Waals surface area contributed by atoms with Gasteiger partial charge in [0.1, 0.15) is 6.04 Å². The van der Waals surface area contributed by atoms with Crippen LogP contribution in [0.5, 0.6) is 0 Å². The van der Waals surface area contributed by atoms with E-state index in [1.165, 1.54) is 4.90 Å². The number of aliphatic carboxylic acids is 1. The number of halogens is 3. The Morgan fingerprint density at radius 1 is 1.16 bits per heavy atom. The number of hydrogen-bond acceptors (Lipinski definition) is 3. The van der Waals surface area contributed by atoms with Crippen LogP contribution in [0.25, 0.3) is 0 Å². The van der Waals surface area contributed by atoms with E-state index in [1.807, 2.05) is 4.90 Å². The second kappa shape index (κ2) is 5.66. The van der Waals surface area contributed by atoms with Crippen molar-refractivity contribution in [3.05, 3.63) is 0 Å². The van der Waals surface area contributed by atoms with Gasteiger partial charge in [-0.15, -0.1) is 0 Å². The van der Waals surface area contributed by atoms with Crippen molar-refractivity contribution in [2.45, 2.75) is 43.9 Å². The average Bonchev–Trinajstić information content (AvgIpc) is 2.76. The number of likely N-dealkylation sites (tertiary alicyclic amines) is 2. The Morgan fingerprint density at radius 2 is 1.79 bits per heavy atom. The molecule has 2 fully saturated rings. The summed E-state index contributed by atoms with van der Waals surface area (Å²) in [6.45, 7) is 0.684. The molecule has 0 aromatic carbocycles. The standard InChI is InChI=1S/C12H19F3N2O2/c13-12(14,15)8-16-6-3-9(4-7-16)17-5-1-2-10(17)11(18)19/h9-10H,1-8H2,(H,18,19)/t10-/m0/s1. The normalized spacial score (nSPS) is 27.8. The zero-order chi connectivity index (χ0) is 14.0. The van der Waals surface area contributed by atoms with E-state index in [2.05, 4.69) is 0 Å². The molecule has 0 aliphatic carbocycles. The summed E-state index contributed by atoms with van der Waals surface area (Å²) in [6.07, 6.45) is -1.39. The minimum atomic E-state index is -4.15. The molecule has 1 atom stereocenters. The van der Waals surface area contributed by atoms with Crippen LogP contribution in [0.2, 0.25) is 0 Å². The smallest absolute Gasteiger partial charge is 0.401 e. The van der Waals surface area contributed by atoms with Gasteiger partial charge in [-0.25, -0.2) is 0 Å². The minimum absolute atomic E-state index is 0.119. The molecular weight excluding hydrogens is 261 g/mol. The lowest BCUT2D eigenvalue weighted by Gasteiger charge is -2.38. The third-order valence-electron chi connectivity index (χ3n) is 4.01. The lowest BCUT2D eigenvalue weighted by molar-refractivity contribution is -0.150. The van der Waals surface area contributed by atoms with E-state index < -0.39 is 24.7 Å². The fourth-order valence-corrected chi connectivity index (χ4v) is 3.15. The van der Waals surface area contributed by atoms with Gasteiger partial charge >= 0.3 is 12.1 Å². The van der Waals surface area contributed by atoms with Crippen molar-refractivity contribution in [1.82, 2.24) is 9.80 Å². The number of carbonyl (C=O) groups is 1. The van der Waals surface area contributed by atoms with Crippen LogP contribution in [-0.2, 0) is 4.79 Å². The van der Waals surface area contributed by atoms with Crippen molar-refractivity contribution in [1.29, 1.82) is 0 Å². The molecule has 2 aliphatic heterocycles. The van der Waals surface area contributed by atoms with E-state index in [9.17, 15) is 18.0 Å². The molecule has 19 heavy (non-hydrogen) atoms. The van der Waals surface area contributed by atoms with Crippen LogP contribution in [0, 0.1) is 0 Å². The van der Waals surface area contributed by atoms with E-state index >= 15 is 0 Å². The first kappa shape index (κ1) is 14.6. The van der Waals surface area contributed by atoms with Gasteiger partial charge in [-0.1, -0.05) is 0 Å². The Bertz CT molecular complexity index is 327. The van der Waals surface area contributed by atoms with Crippen LogP contribution in [0.1, 0.15) is 25.7 Å². The first-order valence-corrected chi connectivity index (χ1v) is 6.64. The molecular formula is C12H19F3N2O2. The predicted molar refractivity (Wildman–Crippen MR) is 62.9 cm³/mol. The number of carboxylic acid groups (broad SMARTS) is 1. The van der Waals surface area contributed by atoms with Gasteiger partial charge in [0.15, 0.2) is 0 Å². The molecule has 2 rings (SSSR count). The van der Waals surface area contributed by atoms with Crippen molar-refractivity contribution < 1.29 is 23.1 Å². The largest absolute Gasteiger partial charge is 0.480 e. The van der Waals surface area contributed by atoms with E-state index in [4.69, 9.17) is 5.11 Å². The van der Waals surface area contributed by atoms with Crippen LogP contribution < -0.4 is 0 Å². The number of hydrogen-bond donors (Lipinski definition) is 1. The summed E-state index contributed by atoms with van der Waals surface area (Å²) in [7, 11) is 0. The Labute approximate surface area is 110 Å². The van der Waals surface area contributed by atoms with Crippen molar-refractivity contribution in [3.8, 4) is 0 Å². The van der Waals surface area contributed by atoms with Gasteiger partial charge in [-0.2, -0.15) is 13.2 Å². The van der Waals surface area contributed by atoms with Crippen LogP contribution in [0.15, 0.2) is 0 Å². The molecule has 7 heteroatoms. The summed E-state index contributed by atoms with van der Waals surface area (Å²) in [5.41, 5.74) is 0. The number of rotatable bonds is 3. The van der Waals surface area contributed by atoms with E-state index in [1.54, 1.807) is 0 Å². The number of carboxylic acids is 1. The second-order valence-corrected chi connectivity index (χ2v) is 5.36. The molecule has 2 saturated heterocycles. The van der Waals surface area contributed by atoms with E-state index in [-0.39, 0.29) is 6.04 Å². The molecule has 0 saturated carbocycles. The molecule has 0 spiro atoms. The molecule has 110 valence electrons. The molecule has 2 heterocycles. The van der Waals surface area contributed by atoms with Crippen molar-refractivity contribution >= 4 is 5.97 Å². The van der Waals surface area contributed by atoms with Crippen molar-refractivity contribution in [2.24, 2.45) is 0 Å². The number of piperidine rings is 1. The average molecular weight is 280 g/mol. The van der Waals surface area contributed by atoms with Crippen LogP contribution >= 0.6 is 0 Å². The Balaban J connectivity index is 1.84. The lowest BCUT2D eigenvalue weighted by atomic mass is 10.0. The number of nitrogens with zero attached hydrogens (tertiary/aromatic N) is 2. The van der Waals surface area contributed by atoms with Gasteiger partial charge in [0.05, 0.1) is 6.54 Å². The molecule has 0 aromatic heterocycles. The van der Waals surface area contributed by atoms with Crippen molar-refractivity contribution in [3.63, 3.8) is 0 Å². The van der Waals surface area contributed by atoms with E-state index in [0.29, 0.717) is 32.4 Å². The zero-order valence-electron chi connectivity index (χ0n) is 10.7. The van der Waals surface area contributed by atoms with Gasteiger partial charge in [0.2, 0.25) is 0 Å². The van der Waals surface area contributed by atoms with Gasteiger partial charge in [0.25, 0.3) is 0 Å². The lowest BCUT2D eigenvalue weighted by Crippen LogP contribution is -2.50. The fraction of sp³-hybridized carbons (Fsp3) is 0.917. The highest BCUT2D eigenvalue weighted by Crippen LogP contribution is 2.27. The summed E-state index contributed by atoms with van der Waals surface area (Å²) in [5.74, 6) is -0.810. The monoisotopic (exact) mass is 280 g/mol. The highest BCUT2D eigenvalue weighted by Gasteiger charge is 2.38. The molecule has 4 nitrogen and oxygen atoms in total. The maximum Gasteiger partial charge on any atom is 0.401 e. The van der Waals surface area contributed by atoms with Gasteiger partial charge in [0, 0.05) is 6.04 Å². The van der Waals surface area contributed by atoms with Gasteiger partial charge in [-0.05, 0) is 45.3 Å². The molecule has 0 unspecified atom stereocenters. The molecule has 1 N–H and O–H groups in total. The molecule has 0 amide bonds. The zero-order valence-corrected chi connectivity index (χ0v) is 10.7. The molecule has 0 aromatic rings. The quantitative estimate of drug-likeness (QED) is 0.852. The summed E-state index contributed by atoms with van der Waals surface area (Å²) in [6, 6.07) is -0.327. The van der Waals surface area contributed by atoms with Crippen LogP contribution in [0.3, 0.4) is 0 Å². The topological polar surface area (TPSA) is 43.8 Å². The summed E-state index contributed by atoms with van der Waals surface area (Å²) < 4.78 is 36.8.